The van der Waals surface area contributed by atoms with Crippen LogP contribution in [0.1, 0.15) is 17.3 Å². The molecule has 120 valence electrons. The first-order valence-corrected chi connectivity index (χ1v) is 6.72. The van der Waals surface area contributed by atoms with Crippen LogP contribution in [0, 0.1) is 0 Å². The highest BCUT2D eigenvalue weighted by Gasteiger charge is 2.24. The van der Waals surface area contributed by atoms with E-state index in [1.165, 1.54) is 0 Å². The van der Waals surface area contributed by atoms with Gasteiger partial charge in [0.2, 0.25) is 0 Å². The Morgan fingerprint density at radius 1 is 1.36 bits per heavy atom. The first-order chi connectivity index (χ1) is 9.75. The lowest BCUT2D eigenvalue weighted by Gasteiger charge is -2.33. The molecule has 1 N–H and O–H groups in total. The predicted octanol–water partition coefficient (Wildman–Crippen LogP) is 1.54. The Hall–Kier alpha value is -1.63. The van der Waals surface area contributed by atoms with Crippen LogP contribution in [0.5, 0.6) is 0 Å². The molecule has 1 aliphatic heterocycles. The van der Waals surface area contributed by atoms with Gasteiger partial charge in [0.15, 0.2) is 0 Å². The molecule has 1 aliphatic rings. The van der Waals surface area contributed by atoms with Crippen molar-refractivity contribution in [3.05, 3.63) is 42.6 Å². The van der Waals surface area contributed by atoms with E-state index in [0.717, 1.165) is 25.5 Å². The van der Waals surface area contributed by atoms with Gasteiger partial charge in [-0.3, -0.25) is 9.36 Å². The van der Waals surface area contributed by atoms with Gasteiger partial charge >= 0.3 is 0 Å². The number of rotatable bonds is 2. The van der Waals surface area contributed by atoms with Crippen LogP contribution in [0.3, 0.4) is 0 Å². The van der Waals surface area contributed by atoms with Crippen LogP contribution in [0.15, 0.2) is 37.1 Å². The molecule has 0 aromatic carbocycles. The fourth-order valence-electron chi connectivity index (χ4n) is 2.37. The summed E-state index contributed by atoms with van der Waals surface area (Å²) >= 11 is 0. The molecule has 8 heteroatoms. The molecule has 3 heterocycles. The van der Waals surface area contributed by atoms with Crippen molar-refractivity contribution in [1.29, 1.82) is 0 Å². The normalized spacial score (nSPS) is 17.3. The quantitative estimate of drug-likeness (QED) is 0.898. The van der Waals surface area contributed by atoms with Crippen molar-refractivity contribution in [2.45, 2.75) is 13.0 Å². The lowest BCUT2D eigenvalue weighted by Crippen LogP contribution is -2.52. The van der Waals surface area contributed by atoms with Gasteiger partial charge in [-0.2, -0.15) is 0 Å². The van der Waals surface area contributed by atoms with Gasteiger partial charge in [-0.25, -0.2) is 9.97 Å². The zero-order chi connectivity index (χ0) is 13.9. The maximum absolute atomic E-state index is 12.4. The molecule has 0 bridgehead atoms. The highest BCUT2D eigenvalue weighted by Crippen LogP contribution is 2.11. The van der Waals surface area contributed by atoms with Gasteiger partial charge in [0.25, 0.3) is 5.91 Å². The molecule has 2 aromatic rings. The molecule has 1 fully saturated rings. The van der Waals surface area contributed by atoms with E-state index in [1.807, 2.05) is 27.8 Å². The molecule has 1 atom stereocenters. The lowest BCUT2D eigenvalue weighted by atomic mass is 10.1. The third-order valence-electron chi connectivity index (χ3n) is 3.53. The number of carbonyl (C=O) groups is 1. The number of nitrogens with zero attached hydrogens (tertiary/aromatic N) is 4. The number of carbonyl (C=O) groups excluding carboxylic acids is 1. The third-order valence-corrected chi connectivity index (χ3v) is 3.53. The van der Waals surface area contributed by atoms with Crippen molar-refractivity contribution < 1.29 is 4.79 Å². The van der Waals surface area contributed by atoms with Crippen LogP contribution in [0.25, 0.3) is 5.82 Å². The standard InChI is InChI=1S/C14H17N5O.2ClH/c1-11-8-15-5-7-19(11)14(20)12-2-3-13(17-9-12)18-6-4-16-10-18;;/h2-4,6,9-11,15H,5,7-8H2,1H3;2*1H/t11-;;/m0../s1. The zero-order valence-corrected chi connectivity index (χ0v) is 13.8. The van der Waals surface area contributed by atoms with E-state index < -0.39 is 0 Å². The molecule has 22 heavy (non-hydrogen) atoms. The number of piperazine rings is 1. The van der Waals surface area contributed by atoms with Crippen molar-refractivity contribution >= 4 is 30.7 Å². The molecule has 0 saturated carbocycles. The average molecular weight is 344 g/mol. The van der Waals surface area contributed by atoms with Crippen molar-refractivity contribution in [3.63, 3.8) is 0 Å². The molecule has 1 saturated heterocycles. The Balaban J connectivity index is 0.00000121. The molecule has 0 spiro atoms. The van der Waals surface area contributed by atoms with Crippen LogP contribution < -0.4 is 5.32 Å². The molecule has 3 rings (SSSR count). The first kappa shape index (κ1) is 18.4. The van der Waals surface area contributed by atoms with E-state index in [4.69, 9.17) is 0 Å². The number of halogens is 2. The maximum atomic E-state index is 12.4. The molecule has 0 unspecified atom stereocenters. The Kier molecular flexibility index (Phi) is 6.80. The smallest absolute Gasteiger partial charge is 0.255 e. The Morgan fingerprint density at radius 2 is 2.18 bits per heavy atom. The van der Waals surface area contributed by atoms with E-state index >= 15 is 0 Å². The zero-order valence-electron chi connectivity index (χ0n) is 12.2. The minimum absolute atomic E-state index is 0. The Morgan fingerprint density at radius 3 is 2.77 bits per heavy atom. The molecule has 0 aliphatic carbocycles. The van der Waals surface area contributed by atoms with Crippen LogP contribution in [-0.2, 0) is 0 Å². The SMILES string of the molecule is C[C@H]1CNCCN1C(=O)c1ccc(-n2ccnc2)nc1.Cl.Cl. The topological polar surface area (TPSA) is 63.1 Å². The van der Waals surface area contributed by atoms with Crippen molar-refractivity contribution in [1.82, 2.24) is 24.8 Å². The monoisotopic (exact) mass is 343 g/mol. The summed E-state index contributed by atoms with van der Waals surface area (Å²) in [6.07, 6.45) is 6.83. The number of aromatic nitrogens is 3. The summed E-state index contributed by atoms with van der Waals surface area (Å²) in [6.45, 7) is 4.48. The molecule has 2 aromatic heterocycles. The maximum Gasteiger partial charge on any atom is 0.255 e. The van der Waals surface area contributed by atoms with Crippen LogP contribution >= 0.6 is 24.8 Å². The van der Waals surface area contributed by atoms with Gasteiger partial charge in [0, 0.05) is 44.3 Å². The van der Waals surface area contributed by atoms with E-state index in [1.54, 1.807) is 18.7 Å². The van der Waals surface area contributed by atoms with Crippen molar-refractivity contribution in [3.8, 4) is 5.82 Å². The van der Waals surface area contributed by atoms with Crippen LogP contribution in [0.2, 0.25) is 0 Å². The van der Waals surface area contributed by atoms with Crippen molar-refractivity contribution in [2.75, 3.05) is 19.6 Å². The molecule has 6 nitrogen and oxygen atoms in total. The first-order valence-electron chi connectivity index (χ1n) is 6.72. The molecule has 1 amide bonds. The average Bonchev–Trinajstić information content (AvgIpc) is 3.01. The van der Waals surface area contributed by atoms with Gasteiger partial charge < -0.3 is 10.2 Å². The minimum Gasteiger partial charge on any atom is -0.333 e. The summed E-state index contributed by atoms with van der Waals surface area (Å²) in [6, 6.07) is 3.87. The number of imidazole rings is 1. The Bertz CT molecular complexity index is 588. The van der Waals surface area contributed by atoms with Crippen LogP contribution in [-0.4, -0.2) is 51.0 Å². The predicted molar refractivity (Wildman–Crippen MR) is 89.2 cm³/mol. The fraction of sp³-hybridized carbons (Fsp3) is 0.357. The fourth-order valence-corrected chi connectivity index (χ4v) is 2.37. The van der Waals surface area contributed by atoms with E-state index in [-0.39, 0.29) is 36.8 Å². The summed E-state index contributed by atoms with van der Waals surface area (Å²) < 4.78 is 1.81. The van der Waals surface area contributed by atoms with E-state index in [9.17, 15) is 4.79 Å². The summed E-state index contributed by atoms with van der Waals surface area (Å²) in [4.78, 5) is 22.6. The van der Waals surface area contributed by atoms with Gasteiger partial charge in [0.1, 0.15) is 12.1 Å². The largest absolute Gasteiger partial charge is 0.333 e. The highest BCUT2D eigenvalue weighted by molar-refractivity contribution is 5.94. The summed E-state index contributed by atoms with van der Waals surface area (Å²) in [5, 5.41) is 3.28. The van der Waals surface area contributed by atoms with Gasteiger partial charge in [-0.15, -0.1) is 24.8 Å². The number of amides is 1. The Labute approximate surface area is 141 Å². The number of pyridine rings is 1. The molecule has 0 radical (unpaired) electrons. The number of hydrogen-bond acceptors (Lipinski definition) is 4. The van der Waals surface area contributed by atoms with Gasteiger partial charge in [-0.05, 0) is 19.1 Å². The molecular weight excluding hydrogens is 325 g/mol. The number of nitrogens with one attached hydrogen (secondary N) is 1. The van der Waals surface area contributed by atoms with Crippen LogP contribution in [0.4, 0.5) is 0 Å². The lowest BCUT2D eigenvalue weighted by molar-refractivity contribution is 0.0655. The summed E-state index contributed by atoms with van der Waals surface area (Å²) in [5.74, 6) is 0.802. The van der Waals surface area contributed by atoms with Gasteiger partial charge in [0.05, 0.1) is 5.56 Å². The summed E-state index contributed by atoms with van der Waals surface area (Å²) in [5.41, 5.74) is 0.627. The second kappa shape index (κ2) is 8.12. The van der Waals surface area contributed by atoms with E-state index in [0.29, 0.717) is 5.56 Å². The minimum atomic E-state index is 0. The second-order valence-electron chi connectivity index (χ2n) is 4.93. The second-order valence-corrected chi connectivity index (χ2v) is 4.93. The van der Waals surface area contributed by atoms with Crippen molar-refractivity contribution in [2.24, 2.45) is 0 Å². The third kappa shape index (κ3) is 3.76. The molecular formula is C14H19Cl2N5O. The highest BCUT2D eigenvalue weighted by atomic mass is 35.5. The van der Waals surface area contributed by atoms with E-state index in [2.05, 4.69) is 22.2 Å². The number of hydrogen-bond donors (Lipinski definition) is 1. The summed E-state index contributed by atoms with van der Waals surface area (Å²) in [7, 11) is 0. The van der Waals surface area contributed by atoms with Gasteiger partial charge in [-0.1, -0.05) is 0 Å².